The molecule has 29 heavy (non-hydrogen) atoms. The zero-order valence-electron chi connectivity index (χ0n) is 15.5. The minimum Gasteiger partial charge on any atom is -0.367 e. The summed E-state index contributed by atoms with van der Waals surface area (Å²) in [6, 6.07) is 5.81. The molecular formula is C17H19Cl2N5O4S. The number of aromatic nitrogens is 1. The van der Waals surface area contributed by atoms with E-state index in [9.17, 15) is 18.0 Å². The molecule has 0 aliphatic rings. The molecule has 0 saturated carbocycles. The van der Waals surface area contributed by atoms with Crippen LogP contribution in [0.3, 0.4) is 0 Å². The predicted molar refractivity (Wildman–Crippen MR) is 114 cm³/mol. The van der Waals surface area contributed by atoms with Gasteiger partial charge in [-0.15, -0.1) is 0 Å². The Balaban J connectivity index is 2.07. The molecule has 0 atom stereocenters. The molecule has 1 aromatic heterocycles. The molecule has 2 amide bonds. The minimum atomic E-state index is -3.60. The highest BCUT2D eigenvalue weighted by Crippen LogP contribution is 2.23. The Labute approximate surface area is 178 Å². The number of benzene rings is 1. The summed E-state index contributed by atoms with van der Waals surface area (Å²) in [6.45, 7) is 1.83. The molecule has 1 aromatic carbocycles. The SMILES string of the molecule is CC(=O)Nc1ccc(NS(C)(=O)=O)c(C(=O)NCCNc2ncc(Cl)cc2Cl)c1. The standard InChI is InChI=1S/C17H19Cl2N5O4S/c1-10(25)23-12-3-4-15(24-29(2,27)28)13(8-12)17(26)21-6-5-20-16-14(19)7-11(18)9-22-16/h3-4,7-9,24H,5-6H2,1-2H3,(H,20,22)(H,21,26)(H,23,25). The van der Waals surface area contributed by atoms with E-state index in [0.29, 0.717) is 28.1 Å². The minimum absolute atomic E-state index is 0.0596. The van der Waals surface area contributed by atoms with Crippen LogP contribution in [0.4, 0.5) is 17.2 Å². The number of halogens is 2. The first kappa shape index (κ1) is 22.7. The van der Waals surface area contributed by atoms with Gasteiger partial charge in [0.05, 0.1) is 27.6 Å². The van der Waals surface area contributed by atoms with Crippen molar-refractivity contribution in [3.8, 4) is 0 Å². The van der Waals surface area contributed by atoms with E-state index in [0.717, 1.165) is 6.26 Å². The molecule has 0 bridgehead atoms. The number of hydrogen-bond acceptors (Lipinski definition) is 6. The maximum absolute atomic E-state index is 12.6. The van der Waals surface area contributed by atoms with Gasteiger partial charge in [-0.1, -0.05) is 23.2 Å². The lowest BCUT2D eigenvalue weighted by molar-refractivity contribution is -0.114. The van der Waals surface area contributed by atoms with Crippen molar-refractivity contribution in [2.24, 2.45) is 0 Å². The van der Waals surface area contributed by atoms with Crippen molar-refractivity contribution in [3.05, 3.63) is 46.1 Å². The van der Waals surface area contributed by atoms with Crippen LogP contribution in [0.5, 0.6) is 0 Å². The Hall–Kier alpha value is -2.56. The lowest BCUT2D eigenvalue weighted by Gasteiger charge is -2.14. The van der Waals surface area contributed by atoms with Crippen molar-refractivity contribution >= 4 is 62.2 Å². The average Bonchev–Trinajstić information content (AvgIpc) is 2.59. The number of rotatable bonds is 8. The summed E-state index contributed by atoms with van der Waals surface area (Å²) in [5, 5.41) is 8.90. The highest BCUT2D eigenvalue weighted by Gasteiger charge is 2.15. The smallest absolute Gasteiger partial charge is 0.253 e. The number of carbonyl (C=O) groups excluding carboxylic acids is 2. The van der Waals surface area contributed by atoms with Crippen LogP contribution in [0.25, 0.3) is 0 Å². The van der Waals surface area contributed by atoms with Gasteiger partial charge in [0.25, 0.3) is 5.91 Å². The number of anilines is 3. The van der Waals surface area contributed by atoms with Crippen LogP contribution >= 0.6 is 23.2 Å². The number of nitrogens with zero attached hydrogens (tertiary/aromatic N) is 1. The number of nitrogens with one attached hydrogen (secondary N) is 4. The van der Waals surface area contributed by atoms with Crippen molar-refractivity contribution in [2.75, 3.05) is 34.7 Å². The van der Waals surface area contributed by atoms with Crippen molar-refractivity contribution < 1.29 is 18.0 Å². The molecule has 0 radical (unpaired) electrons. The van der Waals surface area contributed by atoms with Gasteiger partial charge in [0, 0.05) is 31.9 Å². The fourth-order valence-electron chi connectivity index (χ4n) is 2.30. The van der Waals surface area contributed by atoms with Gasteiger partial charge in [0.1, 0.15) is 5.82 Å². The molecule has 0 saturated heterocycles. The third kappa shape index (κ3) is 7.41. The first-order valence-electron chi connectivity index (χ1n) is 8.27. The summed E-state index contributed by atoms with van der Waals surface area (Å²) in [5.74, 6) is -0.436. The second kappa shape index (κ2) is 9.77. The number of carbonyl (C=O) groups is 2. The quantitative estimate of drug-likeness (QED) is 0.448. The molecule has 9 nitrogen and oxygen atoms in total. The largest absolute Gasteiger partial charge is 0.367 e. The van der Waals surface area contributed by atoms with Crippen LogP contribution in [0.15, 0.2) is 30.5 Å². The lowest BCUT2D eigenvalue weighted by Crippen LogP contribution is -2.30. The van der Waals surface area contributed by atoms with E-state index in [1.807, 2.05) is 0 Å². The summed E-state index contributed by atoms with van der Waals surface area (Å²) in [7, 11) is -3.60. The first-order valence-corrected chi connectivity index (χ1v) is 10.9. The molecule has 12 heteroatoms. The molecule has 2 rings (SSSR count). The normalized spacial score (nSPS) is 10.9. The fraction of sp³-hybridized carbons (Fsp3) is 0.235. The van der Waals surface area contributed by atoms with Gasteiger partial charge < -0.3 is 16.0 Å². The zero-order chi connectivity index (χ0) is 21.6. The predicted octanol–water partition coefficient (Wildman–Crippen LogP) is 2.56. The molecule has 1 heterocycles. The summed E-state index contributed by atoms with van der Waals surface area (Å²) >= 11 is 11.8. The van der Waals surface area contributed by atoms with Crippen LogP contribution in [0.2, 0.25) is 10.0 Å². The summed E-state index contributed by atoms with van der Waals surface area (Å²) in [6.07, 6.45) is 2.41. The number of amides is 2. The zero-order valence-corrected chi connectivity index (χ0v) is 17.9. The molecule has 0 spiro atoms. The second-order valence-corrected chi connectivity index (χ2v) is 8.57. The van der Waals surface area contributed by atoms with Gasteiger partial charge >= 0.3 is 0 Å². The Kier molecular flexibility index (Phi) is 7.66. The van der Waals surface area contributed by atoms with E-state index in [4.69, 9.17) is 23.2 Å². The van der Waals surface area contributed by atoms with Crippen molar-refractivity contribution in [2.45, 2.75) is 6.92 Å². The van der Waals surface area contributed by atoms with Crippen LogP contribution in [-0.4, -0.2) is 44.6 Å². The number of pyridine rings is 1. The van der Waals surface area contributed by atoms with Gasteiger partial charge in [0.15, 0.2) is 0 Å². The third-order valence-electron chi connectivity index (χ3n) is 3.39. The van der Waals surface area contributed by atoms with E-state index in [1.165, 1.54) is 37.4 Å². The molecule has 0 unspecified atom stereocenters. The van der Waals surface area contributed by atoms with Gasteiger partial charge in [-0.3, -0.25) is 14.3 Å². The van der Waals surface area contributed by atoms with E-state index in [1.54, 1.807) is 0 Å². The van der Waals surface area contributed by atoms with Crippen LogP contribution in [-0.2, 0) is 14.8 Å². The molecule has 0 aliphatic carbocycles. The Morgan fingerprint density at radius 2 is 1.86 bits per heavy atom. The summed E-state index contributed by atoms with van der Waals surface area (Å²) in [5.41, 5.74) is 0.510. The monoisotopic (exact) mass is 459 g/mol. The third-order valence-corrected chi connectivity index (χ3v) is 4.48. The molecule has 2 aromatic rings. The Morgan fingerprint density at radius 3 is 2.48 bits per heavy atom. The highest BCUT2D eigenvalue weighted by atomic mass is 35.5. The van der Waals surface area contributed by atoms with Crippen molar-refractivity contribution in [1.82, 2.24) is 10.3 Å². The first-order chi connectivity index (χ1) is 13.5. The molecule has 156 valence electrons. The number of sulfonamides is 1. The van der Waals surface area contributed by atoms with Crippen LogP contribution in [0.1, 0.15) is 17.3 Å². The average molecular weight is 460 g/mol. The Morgan fingerprint density at radius 1 is 1.14 bits per heavy atom. The maximum atomic E-state index is 12.6. The fourth-order valence-corrected chi connectivity index (χ4v) is 3.32. The maximum Gasteiger partial charge on any atom is 0.253 e. The highest BCUT2D eigenvalue weighted by molar-refractivity contribution is 7.92. The molecule has 0 fully saturated rings. The molecular weight excluding hydrogens is 441 g/mol. The van der Waals surface area contributed by atoms with Crippen molar-refractivity contribution in [1.29, 1.82) is 0 Å². The van der Waals surface area contributed by atoms with Gasteiger partial charge in [0.2, 0.25) is 15.9 Å². The summed E-state index contributed by atoms with van der Waals surface area (Å²) in [4.78, 5) is 27.9. The topological polar surface area (TPSA) is 129 Å². The van der Waals surface area contributed by atoms with E-state index >= 15 is 0 Å². The molecule has 0 aliphatic heterocycles. The van der Waals surface area contributed by atoms with E-state index < -0.39 is 15.9 Å². The number of hydrogen-bond donors (Lipinski definition) is 4. The van der Waals surface area contributed by atoms with Gasteiger partial charge in [-0.2, -0.15) is 0 Å². The molecule has 4 N–H and O–H groups in total. The Bertz CT molecular complexity index is 1030. The van der Waals surface area contributed by atoms with E-state index in [-0.39, 0.29) is 23.7 Å². The van der Waals surface area contributed by atoms with Crippen LogP contribution in [0, 0.1) is 0 Å². The van der Waals surface area contributed by atoms with Crippen molar-refractivity contribution in [3.63, 3.8) is 0 Å². The summed E-state index contributed by atoms with van der Waals surface area (Å²) < 4.78 is 25.4. The van der Waals surface area contributed by atoms with Gasteiger partial charge in [-0.25, -0.2) is 13.4 Å². The second-order valence-electron chi connectivity index (χ2n) is 5.98. The van der Waals surface area contributed by atoms with E-state index in [2.05, 4.69) is 25.7 Å². The van der Waals surface area contributed by atoms with Gasteiger partial charge in [-0.05, 0) is 24.3 Å². The van der Waals surface area contributed by atoms with Crippen LogP contribution < -0.4 is 20.7 Å². The lowest BCUT2D eigenvalue weighted by atomic mass is 10.1.